The fraction of sp³-hybridized carbons (Fsp3) is 0.440. The highest BCUT2D eigenvalue weighted by Gasteiger charge is 2.14. The maximum atomic E-state index is 12.9. The first kappa shape index (κ1) is 22.0. The average Bonchev–Trinajstić information content (AvgIpc) is 2.73. The lowest BCUT2D eigenvalue weighted by Crippen LogP contribution is -2.40. The summed E-state index contributed by atoms with van der Waals surface area (Å²) in [6.07, 6.45) is 3.69. The number of hydrogen-bond donors (Lipinski definition) is 0. The molecule has 0 N–H and O–H groups in total. The molecule has 0 unspecified atom stereocenters. The molecule has 0 aliphatic rings. The van der Waals surface area contributed by atoms with Crippen molar-refractivity contribution >= 4 is 10.8 Å². The smallest absolute Gasteiger partial charge is 0.274 e. The van der Waals surface area contributed by atoms with E-state index in [1.165, 1.54) is 11.1 Å². The zero-order valence-corrected chi connectivity index (χ0v) is 18.8. The molecular formula is C25H33N3O2. The Hall–Kier alpha value is -2.66. The highest BCUT2D eigenvalue weighted by Crippen LogP contribution is 2.16. The van der Waals surface area contributed by atoms with Crippen LogP contribution in [0.3, 0.4) is 0 Å². The Morgan fingerprint density at radius 2 is 1.60 bits per heavy atom. The predicted octanol–water partition coefficient (Wildman–Crippen LogP) is 4.31. The fourth-order valence-electron chi connectivity index (χ4n) is 3.96. The van der Waals surface area contributed by atoms with E-state index in [9.17, 15) is 4.79 Å². The van der Waals surface area contributed by atoms with Gasteiger partial charge in [-0.15, -0.1) is 0 Å². The van der Waals surface area contributed by atoms with E-state index >= 15 is 0 Å². The molecule has 1 aromatic heterocycles. The van der Waals surface area contributed by atoms with Crippen molar-refractivity contribution in [2.75, 3.05) is 13.7 Å². The minimum absolute atomic E-state index is 0.0123. The summed E-state index contributed by atoms with van der Waals surface area (Å²) in [5.41, 5.74) is 2.47. The van der Waals surface area contributed by atoms with Crippen LogP contribution in [0, 0.1) is 0 Å². The van der Waals surface area contributed by atoms with Crippen molar-refractivity contribution in [3.05, 3.63) is 70.1 Å². The van der Waals surface area contributed by atoms with Crippen molar-refractivity contribution in [2.24, 2.45) is 0 Å². The second kappa shape index (κ2) is 9.90. The molecule has 30 heavy (non-hydrogen) atoms. The summed E-state index contributed by atoms with van der Waals surface area (Å²) in [6, 6.07) is 15.1. The average molecular weight is 408 g/mol. The molecule has 0 saturated carbocycles. The largest absolute Gasteiger partial charge is 0.497 e. The van der Waals surface area contributed by atoms with E-state index in [1.54, 1.807) is 11.8 Å². The summed E-state index contributed by atoms with van der Waals surface area (Å²) < 4.78 is 6.81. The van der Waals surface area contributed by atoms with Gasteiger partial charge in [0.05, 0.1) is 25.2 Å². The molecule has 0 radical (unpaired) electrons. The molecule has 0 saturated heterocycles. The van der Waals surface area contributed by atoms with Crippen LogP contribution < -0.4 is 10.3 Å². The standard InChI is InChI=1S/C25H33N3O2/c1-18(2)27(19(3)4)14-15-28-25(29)24-13-10-21(16-22(24)17-26-28)7-6-20-8-11-23(30-5)12-9-20/h8-13,16-19H,6-7,14-15H2,1-5H3. The van der Waals surface area contributed by atoms with Crippen LogP contribution in [0.2, 0.25) is 0 Å². The second-order valence-corrected chi connectivity index (χ2v) is 8.37. The molecule has 160 valence electrons. The molecule has 5 nitrogen and oxygen atoms in total. The third-order valence-electron chi connectivity index (χ3n) is 5.68. The van der Waals surface area contributed by atoms with Crippen molar-refractivity contribution in [2.45, 2.75) is 59.2 Å². The van der Waals surface area contributed by atoms with Crippen LogP contribution in [0.1, 0.15) is 38.8 Å². The van der Waals surface area contributed by atoms with E-state index in [-0.39, 0.29) is 5.56 Å². The summed E-state index contributed by atoms with van der Waals surface area (Å²) in [4.78, 5) is 15.3. The molecule has 0 aliphatic carbocycles. The normalized spacial score (nSPS) is 11.7. The molecule has 0 aliphatic heterocycles. The van der Waals surface area contributed by atoms with Gasteiger partial charge in [-0.1, -0.05) is 18.2 Å². The molecule has 3 rings (SSSR count). The third kappa shape index (κ3) is 5.28. The van der Waals surface area contributed by atoms with Crippen LogP contribution >= 0.6 is 0 Å². The molecule has 0 atom stereocenters. The van der Waals surface area contributed by atoms with E-state index < -0.39 is 0 Å². The van der Waals surface area contributed by atoms with Gasteiger partial charge in [-0.2, -0.15) is 5.10 Å². The van der Waals surface area contributed by atoms with Gasteiger partial charge in [0.2, 0.25) is 0 Å². The van der Waals surface area contributed by atoms with Gasteiger partial charge in [0, 0.05) is 24.0 Å². The monoisotopic (exact) mass is 407 g/mol. The Labute approximate surface area is 179 Å². The number of benzene rings is 2. The number of aryl methyl sites for hydroxylation is 2. The van der Waals surface area contributed by atoms with Gasteiger partial charge in [0.1, 0.15) is 5.75 Å². The number of fused-ring (bicyclic) bond motifs is 1. The highest BCUT2D eigenvalue weighted by molar-refractivity contribution is 5.81. The van der Waals surface area contributed by atoms with Crippen LogP contribution in [0.4, 0.5) is 0 Å². The molecule has 0 bridgehead atoms. The first-order valence-electron chi connectivity index (χ1n) is 10.8. The van der Waals surface area contributed by atoms with Gasteiger partial charge in [0.15, 0.2) is 0 Å². The van der Waals surface area contributed by atoms with E-state index in [0.717, 1.165) is 35.9 Å². The van der Waals surface area contributed by atoms with Crippen LogP contribution in [0.25, 0.3) is 10.8 Å². The van der Waals surface area contributed by atoms with Gasteiger partial charge in [-0.05, 0) is 75.9 Å². The lowest BCUT2D eigenvalue weighted by Gasteiger charge is -2.30. The number of rotatable bonds is 9. The molecule has 0 fully saturated rings. The Morgan fingerprint density at radius 1 is 0.967 bits per heavy atom. The zero-order chi connectivity index (χ0) is 21.7. The van der Waals surface area contributed by atoms with Crippen LogP contribution in [0.5, 0.6) is 5.75 Å². The summed E-state index contributed by atoms with van der Waals surface area (Å²) in [6.45, 7) is 10.2. The van der Waals surface area contributed by atoms with Gasteiger partial charge in [0.25, 0.3) is 5.56 Å². The van der Waals surface area contributed by atoms with Crippen molar-refractivity contribution in [3.63, 3.8) is 0 Å². The Bertz CT molecular complexity index is 1010. The van der Waals surface area contributed by atoms with Crippen molar-refractivity contribution in [1.29, 1.82) is 0 Å². The minimum Gasteiger partial charge on any atom is -0.497 e. The molecule has 0 amide bonds. The number of hydrogen-bond acceptors (Lipinski definition) is 4. The number of ether oxygens (including phenoxy) is 1. The molecule has 5 heteroatoms. The van der Waals surface area contributed by atoms with E-state index in [0.29, 0.717) is 18.6 Å². The quantitative estimate of drug-likeness (QED) is 0.530. The lowest BCUT2D eigenvalue weighted by molar-refractivity contribution is 0.165. The fourth-order valence-corrected chi connectivity index (χ4v) is 3.96. The molecular weight excluding hydrogens is 374 g/mol. The molecule has 1 heterocycles. The summed E-state index contributed by atoms with van der Waals surface area (Å²) >= 11 is 0. The number of nitrogens with zero attached hydrogens (tertiary/aromatic N) is 3. The third-order valence-corrected chi connectivity index (χ3v) is 5.68. The topological polar surface area (TPSA) is 47.4 Å². The van der Waals surface area contributed by atoms with Crippen LogP contribution in [-0.2, 0) is 19.4 Å². The Morgan fingerprint density at radius 3 is 2.23 bits per heavy atom. The van der Waals surface area contributed by atoms with Crippen molar-refractivity contribution in [1.82, 2.24) is 14.7 Å². The summed E-state index contributed by atoms with van der Waals surface area (Å²) in [5, 5.41) is 6.08. The first-order chi connectivity index (χ1) is 14.4. The second-order valence-electron chi connectivity index (χ2n) is 8.37. The minimum atomic E-state index is -0.0123. The SMILES string of the molecule is COc1ccc(CCc2ccc3c(=O)n(CCN(C(C)C)C(C)C)ncc3c2)cc1. The van der Waals surface area contributed by atoms with Crippen molar-refractivity contribution in [3.8, 4) is 5.75 Å². The van der Waals surface area contributed by atoms with E-state index in [2.05, 4.69) is 62.0 Å². The molecule has 2 aromatic carbocycles. The predicted molar refractivity (Wildman–Crippen MR) is 123 cm³/mol. The first-order valence-corrected chi connectivity index (χ1v) is 10.8. The zero-order valence-electron chi connectivity index (χ0n) is 18.8. The summed E-state index contributed by atoms with van der Waals surface area (Å²) in [7, 11) is 1.68. The maximum Gasteiger partial charge on any atom is 0.274 e. The van der Waals surface area contributed by atoms with Crippen molar-refractivity contribution < 1.29 is 4.74 Å². The van der Waals surface area contributed by atoms with Crippen LogP contribution in [0.15, 0.2) is 53.5 Å². The number of methoxy groups -OCH3 is 1. The van der Waals surface area contributed by atoms with Crippen LogP contribution in [-0.4, -0.2) is 40.4 Å². The highest BCUT2D eigenvalue weighted by atomic mass is 16.5. The Balaban J connectivity index is 1.71. The van der Waals surface area contributed by atoms with Gasteiger partial charge < -0.3 is 4.74 Å². The number of aromatic nitrogens is 2. The molecule has 0 spiro atoms. The maximum absolute atomic E-state index is 12.9. The summed E-state index contributed by atoms with van der Waals surface area (Å²) in [5.74, 6) is 0.872. The van der Waals surface area contributed by atoms with Gasteiger partial charge in [-0.3, -0.25) is 9.69 Å². The van der Waals surface area contributed by atoms with E-state index in [4.69, 9.17) is 4.74 Å². The van der Waals surface area contributed by atoms with Gasteiger partial charge in [-0.25, -0.2) is 4.68 Å². The molecule has 3 aromatic rings. The van der Waals surface area contributed by atoms with Gasteiger partial charge >= 0.3 is 0 Å². The van der Waals surface area contributed by atoms with E-state index in [1.807, 2.05) is 24.4 Å². The lowest BCUT2D eigenvalue weighted by atomic mass is 10.0. The Kier molecular flexibility index (Phi) is 7.27.